The molecule has 1 aromatic carbocycles. The van der Waals surface area contributed by atoms with Crippen molar-refractivity contribution in [3.05, 3.63) is 52.4 Å². The van der Waals surface area contributed by atoms with Crippen LogP contribution in [-0.4, -0.2) is 69.8 Å². The summed E-state index contributed by atoms with van der Waals surface area (Å²) in [5.41, 5.74) is 0.526. The van der Waals surface area contributed by atoms with Crippen molar-refractivity contribution in [2.75, 3.05) is 31.1 Å². The van der Waals surface area contributed by atoms with Crippen LogP contribution in [0.5, 0.6) is 0 Å². The number of aliphatic hydroxyl groups is 2. The molecule has 1 fully saturated rings. The molecule has 0 bridgehead atoms. The average Bonchev–Trinajstić information content (AvgIpc) is 3.11. The number of aromatic nitrogens is 2. The molecule has 0 spiro atoms. The van der Waals surface area contributed by atoms with Crippen molar-refractivity contribution >= 4 is 23.7 Å². The van der Waals surface area contributed by atoms with E-state index in [9.17, 15) is 15.0 Å². The molecule has 4 atom stereocenters. The van der Waals surface area contributed by atoms with E-state index in [1.807, 2.05) is 13.8 Å². The van der Waals surface area contributed by atoms with E-state index in [4.69, 9.17) is 11.6 Å². The predicted molar refractivity (Wildman–Crippen MR) is 127 cm³/mol. The highest BCUT2D eigenvalue weighted by atomic mass is 35.5. The summed E-state index contributed by atoms with van der Waals surface area (Å²) in [5.74, 6) is 1.07. The molecule has 178 valence electrons. The summed E-state index contributed by atoms with van der Waals surface area (Å²) in [6.45, 7) is 8.70. The zero-order valence-electron chi connectivity index (χ0n) is 19.3. The summed E-state index contributed by atoms with van der Waals surface area (Å²) < 4.78 is 0. The number of piperazine rings is 1. The molecule has 9 heteroatoms. The van der Waals surface area contributed by atoms with Gasteiger partial charge in [0, 0.05) is 42.8 Å². The molecule has 33 heavy (non-hydrogen) atoms. The number of carbonyl (C=O) groups is 1. The van der Waals surface area contributed by atoms with Crippen LogP contribution in [-0.2, 0) is 10.4 Å². The Morgan fingerprint density at radius 1 is 1.18 bits per heavy atom. The molecule has 0 amide bonds. The van der Waals surface area contributed by atoms with Crippen LogP contribution in [0.4, 0.5) is 5.82 Å². The van der Waals surface area contributed by atoms with Gasteiger partial charge in [-0.25, -0.2) is 9.97 Å². The van der Waals surface area contributed by atoms with E-state index in [-0.39, 0.29) is 12.0 Å². The molecule has 1 saturated heterocycles. The van der Waals surface area contributed by atoms with Gasteiger partial charge in [-0.1, -0.05) is 30.7 Å². The van der Waals surface area contributed by atoms with E-state index in [1.165, 1.54) is 6.33 Å². The summed E-state index contributed by atoms with van der Waals surface area (Å²) >= 11 is 6.02. The summed E-state index contributed by atoms with van der Waals surface area (Å²) in [6.07, 6.45) is 1.66. The molecule has 8 nitrogen and oxygen atoms in total. The van der Waals surface area contributed by atoms with Gasteiger partial charge < -0.3 is 15.1 Å². The van der Waals surface area contributed by atoms with E-state index < -0.39 is 17.9 Å². The predicted octanol–water partition coefficient (Wildman–Crippen LogP) is 2.20. The number of halogens is 1. The zero-order valence-corrected chi connectivity index (χ0v) is 20.0. The van der Waals surface area contributed by atoms with Gasteiger partial charge in [0.2, 0.25) is 0 Å². The van der Waals surface area contributed by atoms with Crippen LogP contribution in [0.1, 0.15) is 56.0 Å². The average molecular weight is 474 g/mol. The van der Waals surface area contributed by atoms with Crippen molar-refractivity contribution in [3.63, 3.8) is 0 Å². The van der Waals surface area contributed by atoms with Gasteiger partial charge in [0.25, 0.3) is 0 Å². The second-order valence-corrected chi connectivity index (χ2v) is 9.78. The lowest BCUT2D eigenvalue weighted by atomic mass is 9.90. The Hall–Kier alpha value is -2.10. The van der Waals surface area contributed by atoms with Crippen LogP contribution in [0, 0.1) is 0 Å². The first-order chi connectivity index (χ1) is 15.7. The quantitative estimate of drug-likeness (QED) is 0.526. The maximum absolute atomic E-state index is 12.3. The number of rotatable bonds is 7. The second-order valence-electron chi connectivity index (χ2n) is 9.35. The standard InChI is InChI=1S/C24H32ClN5O3/c1-15(2)28-23(24(33,13-31)17-4-6-18(25)7-5-17)30-10-8-29(9-11-30)22-20-16(3)12-19(32)21(20)26-14-27-22/h4-7,13-16,19,23,28,32-33H,8-12H2,1-3H3/t16-,19-,23?,24?/m1/s1. The summed E-state index contributed by atoms with van der Waals surface area (Å²) in [6, 6.07) is 6.80. The molecule has 3 N–H and O–H groups in total. The van der Waals surface area contributed by atoms with Crippen molar-refractivity contribution in [3.8, 4) is 0 Å². The zero-order chi connectivity index (χ0) is 23.8. The Balaban J connectivity index is 1.57. The van der Waals surface area contributed by atoms with Crippen LogP contribution in [0.25, 0.3) is 0 Å². The third-order valence-electron chi connectivity index (χ3n) is 6.65. The number of carbonyl (C=O) groups excluding carboxylic acids is 1. The second kappa shape index (κ2) is 9.64. The van der Waals surface area contributed by atoms with Crippen LogP contribution in [0.3, 0.4) is 0 Å². The van der Waals surface area contributed by atoms with Crippen LogP contribution < -0.4 is 10.2 Å². The summed E-state index contributed by atoms with van der Waals surface area (Å²) in [4.78, 5) is 25.4. The Kier molecular flexibility index (Phi) is 7.02. The van der Waals surface area contributed by atoms with E-state index in [2.05, 4.69) is 32.0 Å². The lowest BCUT2D eigenvalue weighted by molar-refractivity contribution is -0.136. The Morgan fingerprint density at radius 3 is 2.45 bits per heavy atom. The third-order valence-corrected chi connectivity index (χ3v) is 6.90. The van der Waals surface area contributed by atoms with E-state index in [1.54, 1.807) is 24.3 Å². The smallest absolute Gasteiger partial charge is 0.173 e. The van der Waals surface area contributed by atoms with Crippen molar-refractivity contribution in [2.45, 2.75) is 57.0 Å². The first-order valence-corrected chi connectivity index (χ1v) is 11.8. The Labute approximate surface area is 199 Å². The SMILES string of the molecule is CC(C)NC(N1CCN(c2ncnc3c2[C@H](C)C[C@H]3O)CC1)C(O)(C=O)c1ccc(Cl)cc1. The highest BCUT2D eigenvalue weighted by molar-refractivity contribution is 6.30. The van der Waals surface area contributed by atoms with Crippen molar-refractivity contribution in [1.82, 2.24) is 20.2 Å². The van der Waals surface area contributed by atoms with E-state index in [0.29, 0.717) is 49.5 Å². The van der Waals surface area contributed by atoms with Gasteiger partial charge in [0.05, 0.1) is 11.8 Å². The summed E-state index contributed by atoms with van der Waals surface area (Å²) in [7, 11) is 0. The molecule has 0 radical (unpaired) electrons. The molecule has 2 aliphatic rings. The fraction of sp³-hybridized carbons (Fsp3) is 0.542. The van der Waals surface area contributed by atoms with Gasteiger partial charge >= 0.3 is 0 Å². The molecule has 1 aliphatic carbocycles. The van der Waals surface area contributed by atoms with E-state index in [0.717, 1.165) is 17.1 Å². The van der Waals surface area contributed by atoms with Gasteiger partial charge in [-0.3, -0.25) is 15.0 Å². The fourth-order valence-electron chi connectivity index (χ4n) is 4.98. The van der Waals surface area contributed by atoms with Gasteiger partial charge in [0.15, 0.2) is 11.9 Å². The molecule has 2 aromatic rings. The molecule has 1 aromatic heterocycles. The molecule has 2 heterocycles. The first-order valence-electron chi connectivity index (χ1n) is 11.5. The number of anilines is 1. The lowest BCUT2D eigenvalue weighted by Gasteiger charge is -2.45. The summed E-state index contributed by atoms with van der Waals surface area (Å²) in [5, 5.41) is 25.8. The molecule has 1 aliphatic heterocycles. The Bertz CT molecular complexity index is 981. The van der Waals surface area contributed by atoms with Crippen molar-refractivity contribution in [2.24, 2.45) is 0 Å². The molecular weight excluding hydrogens is 442 g/mol. The number of aldehydes is 1. The number of benzene rings is 1. The minimum absolute atomic E-state index is 0.0549. The number of nitrogens with one attached hydrogen (secondary N) is 1. The number of hydrogen-bond acceptors (Lipinski definition) is 8. The molecule has 0 saturated carbocycles. The number of fused-ring (bicyclic) bond motifs is 1. The minimum atomic E-state index is -1.73. The first kappa shape index (κ1) is 24.0. The van der Waals surface area contributed by atoms with E-state index >= 15 is 0 Å². The van der Waals surface area contributed by atoms with Crippen LogP contribution in [0.15, 0.2) is 30.6 Å². The minimum Gasteiger partial charge on any atom is -0.387 e. The lowest BCUT2D eigenvalue weighted by Crippen LogP contribution is -2.64. The monoisotopic (exact) mass is 473 g/mol. The Morgan fingerprint density at radius 2 is 1.85 bits per heavy atom. The molecule has 4 rings (SSSR count). The fourth-order valence-corrected chi connectivity index (χ4v) is 5.11. The maximum atomic E-state index is 12.3. The van der Waals surface area contributed by atoms with Crippen molar-refractivity contribution < 1.29 is 15.0 Å². The topological polar surface area (TPSA) is 102 Å². The largest absolute Gasteiger partial charge is 0.387 e. The normalized spacial score (nSPS) is 23.9. The number of nitrogens with zero attached hydrogens (tertiary/aromatic N) is 4. The van der Waals surface area contributed by atoms with Gasteiger partial charge in [0.1, 0.15) is 18.3 Å². The third kappa shape index (κ3) is 4.63. The number of hydrogen-bond donors (Lipinski definition) is 3. The van der Waals surface area contributed by atoms with Gasteiger partial charge in [-0.05, 0) is 43.9 Å². The molecular formula is C24H32ClN5O3. The van der Waals surface area contributed by atoms with Crippen LogP contribution >= 0.6 is 11.6 Å². The highest BCUT2D eigenvalue weighted by Gasteiger charge is 2.43. The van der Waals surface area contributed by atoms with Gasteiger partial charge in [-0.2, -0.15) is 0 Å². The van der Waals surface area contributed by atoms with Crippen LogP contribution in [0.2, 0.25) is 5.02 Å². The number of aliphatic hydroxyl groups excluding tert-OH is 1. The van der Waals surface area contributed by atoms with Gasteiger partial charge in [-0.15, -0.1) is 0 Å². The maximum Gasteiger partial charge on any atom is 0.173 e. The molecule has 2 unspecified atom stereocenters. The highest BCUT2D eigenvalue weighted by Crippen LogP contribution is 2.43. The van der Waals surface area contributed by atoms with Crippen molar-refractivity contribution in [1.29, 1.82) is 0 Å².